The van der Waals surface area contributed by atoms with E-state index in [1.165, 1.54) is 0 Å². The van der Waals surface area contributed by atoms with Crippen LogP contribution in [-0.4, -0.2) is 0 Å². The van der Waals surface area contributed by atoms with E-state index >= 15 is 0 Å². The Balaban J connectivity index is 0.00000144. The zero-order valence-corrected chi connectivity index (χ0v) is 14.5. The quantitative estimate of drug-likeness (QED) is 0.315. The average Bonchev–Trinajstić information content (AvgIpc) is 2.29. The molecular weight excluding hydrogens is 586 g/mol. The van der Waals surface area contributed by atoms with Crippen LogP contribution < -0.4 is 0 Å². The van der Waals surface area contributed by atoms with Crippen LogP contribution in [-0.2, 0) is 47.5 Å². The van der Waals surface area contributed by atoms with Crippen LogP contribution in [0.25, 0.3) is 9.69 Å². The van der Waals surface area contributed by atoms with Gasteiger partial charge >= 0.3 is 0 Å². The van der Waals surface area contributed by atoms with E-state index in [1.54, 1.807) is 6.07 Å². The van der Waals surface area contributed by atoms with Gasteiger partial charge in [0.15, 0.2) is 5.69 Å². The molecule has 1 aliphatic carbocycles. The van der Waals surface area contributed by atoms with Gasteiger partial charge in [-0.1, -0.05) is 38.1 Å². The molecular formula is C14H12N2Pt2. The van der Waals surface area contributed by atoms with E-state index < -0.39 is 0 Å². The van der Waals surface area contributed by atoms with Gasteiger partial charge in [0.25, 0.3) is 6.04 Å². The minimum absolute atomic E-state index is 0. The van der Waals surface area contributed by atoms with E-state index in [2.05, 4.69) is 29.6 Å². The van der Waals surface area contributed by atoms with Gasteiger partial charge in [-0.15, -0.1) is 0 Å². The van der Waals surface area contributed by atoms with Crippen molar-refractivity contribution in [2.75, 3.05) is 0 Å². The van der Waals surface area contributed by atoms with Crippen molar-refractivity contribution in [3.63, 3.8) is 0 Å². The van der Waals surface area contributed by atoms with E-state index in [0.29, 0.717) is 5.69 Å². The van der Waals surface area contributed by atoms with Crippen molar-refractivity contribution in [1.29, 1.82) is 0 Å². The molecule has 1 aliphatic rings. The summed E-state index contributed by atoms with van der Waals surface area (Å²) in [6, 6.07) is 5.41. The molecule has 0 aromatic heterocycles. The summed E-state index contributed by atoms with van der Waals surface area (Å²) in [7, 11) is 0. The van der Waals surface area contributed by atoms with Gasteiger partial charge < -0.3 is 4.85 Å². The predicted octanol–water partition coefficient (Wildman–Crippen LogP) is 4.04. The smallest absolute Gasteiger partial charge is 0.258 e. The molecule has 0 bridgehead atoms. The van der Waals surface area contributed by atoms with Gasteiger partial charge in [-0.3, -0.25) is 0 Å². The second kappa shape index (κ2) is 6.47. The maximum absolute atomic E-state index is 7.20. The Morgan fingerprint density at radius 3 is 2.39 bits per heavy atom. The Bertz CT molecular complexity index is 548. The molecule has 98 valence electrons. The molecule has 2 rings (SSSR count). The fourth-order valence-corrected chi connectivity index (χ4v) is 2.15. The molecule has 0 spiro atoms. The van der Waals surface area contributed by atoms with Crippen LogP contribution in [0.2, 0.25) is 0 Å². The summed E-state index contributed by atoms with van der Waals surface area (Å²) in [6.07, 6.45) is 3.97. The Kier molecular flexibility index (Phi) is 6.23. The van der Waals surface area contributed by atoms with E-state index in [4.69, 9.17) is 13.1 Å². The molecule has 1 unspecified atom stereocenters. The Morgan fingerprint density at radius 2 is 1.83 bits per heavy atom. The second-order valence-corrected chi connectivity index (χ2v) is 4.50. The largest absolute Gasteiger partial charge is 0.305 e. The molecule has 0 saturated carbocycles. The van der Waals surface area contributed by atoms with Crippen LogP contribution in [0.5, 0.6) is 0 Å². The van der Waals surface area contributed by atoms with Crippen LogP contribution >= 0.6 is 0 Å². The van der Waals surface area contributed by atoms with Crippen molar-refractivity contribution in [3.8, 4) is 0 Å². The normalized spacial score (nSPS) is 18.3. The standard InChI is InChI=1S/C14H12N2.2Pt/c1-14(2)9-8-12(16-4)13-10(14)6-5-7-11(13)15-3;;/h5-9,12H,1-2H3;;. The van der Waals surface area contributed by atoms with Crippen LogP contribution in [0.15, 0.2) is 30.4 Å². The first kappa shape index (κ1) is 17.3. The summed E-state index contributed by atoms with van der Waals surface area (Å²) in [6.45, 7) is 18.6. The fraction of sp³-hybridized carbons (Fsp3) is 0.286. The van der Waals surface area contributed by atoms with Crippen LogP contribution in [0.3, 0.4) is 0 Å². The van der Waals surface area contributed by atoms with Gasteiger partial charge in [0, 0.05) is 53.1 Å². The summed E-state index contributed by atoms with van der Waals surface area (Å²) in [4.78, 5) is 7.10. The zero-order chi connectivity index (χ0) is 11.8. The molecule has 0 N–H and O–H groups in total. The first-order valence-corrected chi connectivity index (χ1v) is 5.17. The summed E-state index contributed by atoms with van der Waals surface area (Å²) in [5.74, 6) is 0. The summed E-state index contributed by atoms with van der Waals surface area (Å²) < 4.78 is 0. The van der Waals surface area contributed by atoms with Gasteiger partial charge in [-0.2, -0.15) is 0 Å². The maximum Gasteiger partial charge on any atom is 0.258 e. The Labute approximate surface area is 137 Å². The number of fused-ring (bicyclic) bond motifs is 1. The first-order valence-electron chi connectivity index (χ1n) is 5.17. The second-order valence-electron chi connectivity index (χ2n) is 4.50. The molecule has 0 saturated heterocycles. The van der Waals surface area contributed by atoms with Gasteiger partial charge in [0.05, 0.1) is 6.57 Å². The van der Waals surface area contributed by atoms with Crippen molar-refractivity contribution < 1.29 is 42.1 Å². The molecule has 0 aliphatic heterocycles. The molecule has 0 fully saturated rings. The Hall–Kier alpha value is -0.683. The van der Waals surface area contributed by atoms with Crippen molar-refractivity contribution >= 4 is 5.69 Å². The molecule has 1 atom stereocenters. The van der Waals surface area contributed by atoms with Crippen molar-refractivity contribution in [2.24, 2.45) is 0 Å². The topological polar surface area (TPSA) is 8.72 Å². The van der Waals surface area contributed by atoms with Crippen LogP contribution in [0.1, 0.15) is 31.0 Å². The molecule has 0 amide bonds. The summed E-state index contributed by atoms with van der Waals surface area (Å²) in [5.41, 5.74) is 2.51. The molecule has 18 heavy (non-hydrogen) atoms. The predicted molar refractivity (Wildman–Crippen MR) is 64.2 cm³/mol. The van der Waals surface area contributed by atoms with E-state index in [-0.39, 0.29) is 53.6 Å². The minimum atomic E-state index is -0.298. The molecule has 0 heterocycles. The monoisotopic (exact) mass is 598 g/mol. The number of hydrogen-bond donors (Lipinski definition) is 0. The zero-order valence-electron chi connectivity index (χ0n) is 9.99. The third kappa shape index (κ3) is 2.83. The third-order valence-electron chi connectivity index (χ3n) is 3.03. The average molecular weight is 598 g/mol. The minimum Gasteiger partial charge on any atom is -0.305 e. The molecule has 1 aromatic carbocycles. The number of hydrogen-bond acceptors (Lipinski definition) is 0. The van der Waals surface area contributed by atoms with Crippen LogP contribution in [0, 0.1) is 13.1 Å². The SMILES string of the molecule is [C-]#[N+]c1cccc2c1C([N+]#[C-])C=CC2(C)C.[Pt].[Pt]. The number of nitrogens with zero attached hydrogens (tertiary/aromatic N) is 2. The van der Waals surface area contributed by atoms with Crippen LogP contribution in [0.4, 0.5) is 5.69 Å². The summed E-state index contributed by atoms with van der Waals surface area (Å²) in [5, 5.41) is 0. The molecule has 4 heteroatoms. The van der Waals surface area contributed by atoms with Gasteiger partial charge in [0.1, 0.15) is 0 Å². The van der Waals surface area contributed by atoms with Crippen molar-refractivity contribution in [1.82, 2.24) is 0 Å². The van der Waals surface area contributed by atoms with Gasteiger partial charge in [0.2, 0.25) is 0 Å². The van der Waals surface area contributed by atoms with Crippen molar-refractivity contribution in [2.45, 2.75) is 25.3 Å². The van der Waals surface area contributed by atoms with E-state index in [0.717, 1.165) is 11.1 Å². The third-order valence-corrected chi connectivity index (χ3v) is 3.03. The summed E-state index contributed by atoms with van der Waals surface area (Å²) >= 11 is 0. The number of benzene rings is 1. The number of rotatable bonds is 0. The molecule has 0 radical (unpaired) electrons. The van der Waals surface area contributed by atoms with Gasteiger partial charge in [-0.25, -0.2) is 11.4 Å². The maximum atomic E-state index is 7.20. The first-order chi connectivity index (χ1) is 7.60. The van der Waals surface area contributed by atoms with Gasteiger partial charge in [-0.05, 0) is 11.6 Å². The Morgan fingerprint density at radius 1 is 1.17 bits per heavy atom. The van der Waals surface area contributed by atoms with Crippen molar-refractivity contribution in [3.05, 3.63) is 64.3 Å². The van der Waals surface area contributed by atoms with E-state index in [9.17, 15) is 0 Å². The fourth-order valence-electron chi connectivity index (χ4n) is 2.15. The molecule has 1 aromatic rings. The van der Waals surface area contributed by atoms with E-state index in [1.807, 2.05) is 18.2 Å². The molecule has 2 nitrogen and oxygen atoms in total. The number of allylic oxidation sites excluding steroid dienone is 1.